The molecule has 17 heavy (non-hydrogen) atoms. The number of piperazine rings is 1. The molecule has 1 amide bonds. The number of carbonyl (C=O) groups is 1. The van der Waals surface area contributed by atoms with Crippen LogP contribution in [0.2, 0.25) is 0 Å². The van der Waals surface area contributed by atoms with Gasteiger partial charge < -0.3 is 4.90 Å². The summed E-state index contributed by atoms with van der Waals surface area (Å²) >= 11 is 0. The molecule has 1 aliphatic heterocycles. The largest absolute Gasteiger partial charge is 0.340 e. The van der Waals surface area contributed by atoms with Crippen molar-refractivity contribution in [3.05, 3.63) is 12.2 Å². The zero-order chi connectivity index (χ0) is 12.3. The van der Waals surface area contributed by atoms with Crippen molar-refractivity contribution in [2.45, 2.75) is 39.2 Å². The highest BCUT2D eigenvalue weighted by atomic mass is 16.2. The van der Waals surface area contributed by atoms with Crippen LogP contribution in [-0.2, 0) is 4.79 Å². The Bertz CT molecular complexity index is 291. The van der Waals surface area contributed by atoms with E-state index >= 15 is 0 Å². The van der Waals surface area contributed by atoms with Gasteiger partial charge in [-0.25, -0.2) is 0 Å². The Balaban J connectivity index is 1.83. The van der Waals surface area contributed by atoms with E-state index in [9.17, 15) is 4.79 Å². The van der Waals surface area contributed by atoms with Crippen LogP contribution in [0.3, 0.4) is 0 Å². The lowest BCUT2D eigenvalue weighted by Gasteiger charge is -2.38. The van der Waals surface area contributed by atoms with Gasteiger partial charge in [-0.05, 0) is 33.1 Å². The van der Waals surface area contributed by atoms with Crippen LogP contribution in [0.1, 0.15) is 33.1 Å². The van der Waals surface area contributed by atoms with E-state index in [1.165, 1.54) is 0 Å². The van der Waals surface area contributed by atoms with E-state index in [-0.39, 0.29) is 5.92 Å². The summed E-state index contributed by atoms with van der Waals surface area (Å²) in [6.07, 6.45) is 7.42. The first-order valence-electron chi connectivity index (χ1n) is 6.86. The Morgan fingerprint density at radius 2 is 1.88 bits per heavy atom. The van der Waals surface area contributed by atoms with Crippen LogP contribution >= 0.6 is 0 Å². The number of rotatable bonds is 2. The van der Waals surface area contributed by atoms with Gasteiger partial charge in [0, 0.05) is 38.1 Å². The van der Waals surface area contributed by atoms with E-state index in [0.717, 1.165) is 45.4 Å². The highest BCUT2D eigenvalue weighted by molar-refractivity contribution is 5.79. The van der Waals surface area contributed by atoms with Gasteiger partial charge in [0.25, 0.3) is 0 Å². The van der Waals surface area contributed by atoms with Gasteiger partial charge in [-0.2, -0.15) is 0 Å². The number of allylic oxidation sites excluding steroid dienone is 2. The summed E-state index contributed by atoms with van der Waals surface area (Å²) < 4.78 is 0. The molecule has 1 fully saturated rings. The second-order valence-corrected chi connectivity index (χ2v) is 5.44. The second-order valence-electron chi connectivity index (χ2n) is 5.44. The fraction of sp³-hybridized carbons (Fsp3) is 0.786. The molecular weight excluding hydrogens is 212 g/mol. The van der Waals surface area contributed by atoms with Gasteiger partial charge in [0.15, 0.2) is 0 Å². The van der Waals surface area contributed by atoms with Crippen molar-refractivity contribution >= 4 is 5.91 Å². The first-order valence-corrected chi connectivity index (χ1v) is 6.86. The van der Waals surface area contributed by atoms with E-state index in [0.29, 0.717) is 11.9 Å². The van der Waals surface area contributed by atoms with Crippen LogP contribution in [0.5, 0.6) is 0 Å². The molecule has 1 heterocycles. The molecule has 96 valence electrons. The smallest absolute Gasteiger partial charge is 0.226 e. The summed E-state index contributed by atoms with van der Waals surface area (Å²) in [6, 6.07) is 0.602. The van der Waals surface area contributed by atoms with Gasteiger partial charge in [0.2, 0.25) is 5.91 Å². The molecule has 0 N–H and O–H groups in total. The minimum Gasteiger partial charge on any atom is -0.340 e. The van der Waals surface area contributed by atoms with Crippen LogP contribution in [0.4, 0.5) is 0 Å². The molecular formula is C14H24N2O. The molecule has 1 aliphatic carbocycles. The predicted octanol–water partition coefficient (Wildman–Crippen LogP) is 1.90. The summed E-state index contributed by atoms with van der Waals surface area (Å²) in [4.78, 5) is 16.8. The van der Waals surface area contributed by atoms with Gasteiger partial charge in [-0.15, -0.1) is 0 Å². The molecule has 0 aromatic heterocycles. The molecule has 0 radical (unpaired) electrons. The van der Waals surface area contributed by atoms with Crippen LogP contribution < -0.4 is 0 Å². The maximum Gasteiger partial charge on any atom is 0.226 e. The fourth-order valence-corrected chi connectivity index (χ4v) is 2.73. The SMILES string of the molecule is CC(C)N1CCN(C(=O)C2CC=CCC2)CC1. The Morgan fingerprint density at radius 3 is 2.41 bits per heavy atom. The number of carbonyl (C=O) groups excluding carboxylic acids is 1. The number of hydrogen-bond acceptors (Lipinski definition) is 2. The van der Waals surface area contributed by atoms with Gasteiger partial charge >= 0.3 is 0 Å². The summed E-state index contributed by atoms with van der Waals surface area (Å²) in [6.45, 7) is 8.35. The molecule has 2 aliphatic rings. The molecule has 0 aromatic carbocycles. The van der Waals surface area contributed by atoms with Gasteiger partial charge in [-0.1, -0.05) is 12.2 Å². The van der Waals surface area contributed by atoms with E-state index in [1.54, 1.807) is 0 Å². The van der Waals surface area contributed by atoms with Crippen molar-refractivity contribution in [3.63, 3.8) is 0 Å². The first-order chi connectivity index (χ1) is 8.18. The molecule has 0 aromatic rings. The highest BCUT2D eigenvalue weighted by Crippen LogP contribution is 2.21. The lowest BCUT2D eigenvalue weighted by atomic mass is 9.93. The van der Waals surface area contributed by atoms with Crippen molar-refractivity contribution < 1.29 is 4.79 Å². The Labute approximate surface area is 104 Å². The van der Waals surface area contributed by atoms with E-state index in [4.69, 9.17) is 0 Å². The third kappa shape index (κ3) is 3.09. The lowest BCUT2D eigenvalue weighted by Crippen LogP contribution is -2.52. The summed E-state index contributed by atoms with van der Waals surface area (Å²) in [5, 5.41) is 0. The molecule has 1 saturated heterocycles. The van der Waals surface area contributed by atoms with Crippen molar-refractivity contribution in [2.75, 3.05) is 26.2 Å². The number of amides is 1. The lowest BCUT2D eigenvalue weighted by molar-refractivity contribution is -0.137. The molecule has 2 rings (SSSR count). The minimum atomic E-state index is 0.255. The third-order valence-corrected chi connectivity index (χ3v) is 3.97. The Kier molecular flexibility index (Phi) is 4.21. The number of nitrogens with zero attached hydrogens (tertiary/aromatic N) is 2. The molecule has 1 atom stereocenters. The fourth-order valence-electron chi connectivity index (χ4n) is 2.73. The second kappa shape index (κ2) is 5.67. The highest BCUT2D eigenvalue weighted by Gasteiger charge is 2.27. The van der Waals surface area contributed by atoms with Gasteiger partial charge in [0.1, 0.15) is 0 Å². The van der Waals surface area contributed by atoms with Crippen LogP contribution in [0, 0.1) is 5.92 Å². The van der Waals surface area contributed by atoms with Crippen molar-refractivity contribution in [1.29, 1.82) is 0 Å². The van der Waals surface area contributed by atoms with Crippen LogP contribution in [0.15, 0.2) is 12.2 Å². The molecule has 3 nitrogen and oxygen atoms in total. The van der Waals surface area contributed by atoms with Crippen molar-refractivity contribution in [2.24, 2.45) is 5.92 Å². The predicted molar refractivity (Wildman–Crippen MR) is 69.8 cm³/mol. The minimum absolute atomic E-state index is 0.255. The molecule has 1 unspecified atom stereocenters. The molecule has 3 heteroatoms. The van der Waals surface area contributed by atoms with E-state index < -0.39 is 0 Å². The molecule has 0 bridgehead atoms. The maximum atomic E-state index is 12.3. The van der Waals surface area contributed by atoms with Crippen LogP contribution in [0.25, 0.3) is 0 Å². The van der Waals surface area contributed by atoms with Gasteiger partial charge in [0.05, 0.1) is 0 Å². The normalized spacial score (nSPS) is 26.5. The first kappa shape index (κ1) is 12.6. The van der Waals surface area contributed by atoms with Gasteiger partial charge in [-0.3, -0.25) is 9.69 Å². The summed E-state index contributed by atoms with van der Waals surface area (Å²) in [5.74, 6) is 0.642. The quantitative estimate of drug-likeness (QED) is 0.684. The third-order valence-electron chi connectivity index (χ3n) is 3.97. The Morgan fingerprint density at radius 1 is 1.18 bits per heavy atom. The molecule has 0 spiro atoms. The Hall–Kier alpha value is -0.830. The maximum absolute atomic E-state index is 12.3. The summed E-state index contributed by atoms with van der Waals surface area (Å²) in [7, 11) is 0. The van der Waals surface area contributed by atoms with E-state index in [2.05, 4.69) is 35.8 Å². The number of hydrogen-bond donors (Lipinski definition) is 0. The zero-order valence-electron chi connectivity index (χ0n) is 11.1. The average molecular weight is 236 g/mol. The zero-order valence-corrected chi connectivity index (χ0v) is 11.1. The topological polar surface area (TPSA) is 23.6 Å². The monoisotopic (exact) mass is 236 g/mol. The molecule has 0 saturated carbocycles. The van der Waals surface area contributed by atoms with Crippen LogP contribution in [-0.4, -0.2) is 47.9 Å². The average Bonchev–Trinajstić information content (AvgIpc) is 2.39. The van der Waals surface area contributed by atoms with E-state index in [1.807, 2.05) is 0 Å². The van der Waals surface area contributed by atoms with Crippen molar-refractivity contribution in [3.8, 4) is 0 Å². The van der Waals surface area contributed by atoms with Crippen molar-refractivity contribution in [1.82, 2.24) is 9.80 Å². The summed E-state index contributed by atoms with van der Waals surface area (Å²) in [5.41, 5.74) is 0. The standard InChI is InChI=1S/C14H24N2O/c1-12(2)15-8-10-16(11-9-15)14(17)13-6-4-3-5-7-13/h3-4,12-13H,5-11H2,1-2H3.